The van der Waals surface area contributed by atoms with Gasteiger partial charge in [-0.25, -0.2) is 13.1 Å². The molecule has 1 N–H and O–H groups in total. The van der Waals surface area contributed by atoms with Crippen LogP contribution in [0.1, 0.15) is 28.4 Å². The van der Waals surface area contributed by atoms with E-state index in [4.69, 9.17) is 4.74 Å². The molecule has 0 saturated carbocycles. The normalized spacial score (nSPS) is 15.5. The van der Waals surface area contributed by atoms with E-state index in [0.717, 1.165) is 25.2 Å². The van der Waals surface area contributed by atoms with Crippen LogP contribution in [0.2, 0.25) is 0 Å². The molecule has 164 valence electrons. The van der Waals surface area contributed by atoms with Gasteiger partial charge < -0.3 is 9.30 Å². The van der Waals surface area contributed by atoms with Gasteiger partial charge in [-0.2, -0.15) is 0 Å². The number of hydrogen-bond donors (Lipinski definition) is 1. The molecule has 1 aliphatic rings. The second-order valence-corrected chi connectivity index (χ2v) is 9.77. The minimum Gasteiger partial charge on any atom is -0.497 e. The fourth-order valence-electron chi connectivity index (χ4n) is 4.34. The third-order valence-electron chi connectivity index (χ3n) is 6.06. The van der Waals surface area contributed by atoms with Gasteiger partial charge in [-0.05, 0) is 60.4 Å². The summed E-state index contributed by atoms with van der Waals surface area (Å²) in [6.45, 7) is 3.77. The number of fused-ring (bicyclic) bond motifs is 1. The van der Waals surface area contributed by atoms with Gasteiger partial charge in [-0.3, -0.25) is 4.90 Å². The average Bonchev–Trinajstić information content (AvgIpc) is 3.19. The van der Waals surface area contributed by atoms with Crippen molar-refractivity contribution >= 4 is 10.0 Å². The quantitative estimate of drug-likeness (QED) is 0.613. The zero-order valence-electron chi connectivity index (χ0n) is 18.2. The molecule has 0 aliphatic carbocycles. The van der Waals surface area contributed by atoms with Crippen LogP contribution < -0.4 is 9.46 Å². The molecule has 6 nitrogen and oxygen atoms in total. The van der Waals surface area contributed by atoms with Crippen LogP contribution in [0.15, 0.2) is 65.7 Å². The Balaban J connectivity index is 1.58. The number of methoxy groups -OCH3 is 1. The highest BCUT2D eigenvalue weighted by Gasteiger charge is 2.28. The zero-order chi connectivity index (χ0) is 22.0. The predicted octanol–water partition coefficient (Wildman–Crippen LogP) is 3.42. The Kier molecular flexibility index (Phi) is 6.18. The van der Waals surface area contributed by atoms with E-state index in [-0.39, 0.29) is 10.9 Å². The Morgan fingerprint density at radius 1 is 1.10 bits per heavy atom. The molecule has 0 radical (unpaired) electrons. The predicted molar refractivity (Wildman–Crippen MR) is 122 cm³/mol. The Hall–Kier alpha value is -2.61. The first-order chi connectivity index (χ1) is 14.9. The van der Waals surface area contributed by atoms with Crippen molar-refractivity contribution in [3.05, 3.63) is 83.2 Å². The maximum absolute atomic E-state index is 13.1. The molecule has 31 heavy (non-hydrogen) atoms. The lowest BCUT2D eigenvalue weighted by Crippen LogP contribution is -2.41. The summed E-state index contributed by atoms with van der Waals surface area (Å²) in [5.41, 5.74) is 4.43. The summed E-state index contributed by atoms with van der Waals surface area (Å²) < 4.78 is 36.4. The van der Waals surface area contributed by atoms with Gasteiger partial charge in [0.2, 0.25) is 10.0 Å². The van der Waals surface area contributed by atoms with Crippen LogP contribution in [0.5, 0.6) is 5.75 Å². The first-order valence-electron chi connectivity index (χ1n) is 10.5. The number of rotatable bonds is 7. The van der Waals surface area contributed by atoms with E-state index in [1.54, 1.807) is 32.2 Å². The van der Waals surface area contributed by atoms with Gasteiger partial charge >= 0.3 is 0 Å². The second-order valence-electron chi connectivity index (χ2n) is 8.03. The third kappa shape index (κ3) is 4.54. The van der Waals surface area contributed by atoms with Crippen LogP contribution in [0.4, 0.5) is 0 Å². The van der Waals surface area contributed by atoms with E-state index in [2.05, 4.69) is 44.5 Å². The van der Waals surface area contributed by atoms with Crippen molar-refractivity contribution in [2.24, 2.45) is 7.05 Å². The standard InChI is InChI=1S/C24H29N3O3S/c1-18-15-21(30-3)10-11-24(18)31(28,29)25-16-23(22-9-6-13-26(22)2)27-14-12-19-7-4-5-8-20(19)17-27/h4-11,13,15,23,25H,12,14,16-17H2,1-3H3. The molecule has 2 aromatic carbocycles. The van der Waals surface area contributed by atoms with Crippen LogP contribution in [0.25, 0.3) is 0 Å². The summed E-state index contributed by atoms with van der Waals surface area (Å²) in [6, 6.07) is 17.5. The molecule has 0 spiro atoms. The van der Waals surface area contributed by atoms with Crippen molar-refractivity contribution in [2.75, 3.05) is 20.2 Å². The monoisotopic (exact) mass is 439 g/mol. The first kappa shape index (κ1) is 21.6. The van der Waals surface area contributed by atoms with Crippen molar-refractivity contribution in [2.45, 2.75) is 30.8 Å². The summed E-state index contributed by atoms with van der Waals surface area (Å²) in [5.74, 6) is 0.644. The number of hydrogen-bond acceptors (Lipinski definition) is 4. The van der Waals surface area contributed by atoms with E-state index in [1.165, 1.54) is 11.1 Å². The number of nitrogens with one attached hydrogen (secondary N) is 1. The van der Waals surface area contributed by atoms with E-state index in [0.29, 0.717) is 17.9 Å². The number of ether oxygens (including phenoxy) is 1. The number of nitrogens with zero attached hydrogens (tertiary/aromatic N) is 2. The van der Waals surface area contributed by atoms with Gasteiger partial charge in [0.15, 0.2) is 0 Å². The maximum atomic E-state index is 13.1. The van der Waals surface area contributed by atoms with Gasteiger partial charge in [0.25, 0.3) is 0 Å². The third-order valence-corrected chi connectivity index (χ3v) is 7.65. The minimum absolute atomic E-state index is 0.0679. The number of benzene rings is 2. The number of aryl methyl sites for hydroxylation is 2. The molecule has 0 fully saturated rings. The maximum Gasteiger partial charge on any atom is 0.240 e. The van der Waals surface area contributed by atoms with Crippen LogP contribution in [0, 0.1) is 6.92 Å². The first-order valence-corrected chi connectivity index (χ1v) is 11.9. The summed E-state index contributed by atoms with van der Waals surface area (Å²) in [4.78, 5) is 2.64. The number of aromatic nitrogens is 1. The second kappa shape index (κ2) is 8.86. The molecule has 4 rings (SSSR count). The molecule has 1 atom stereocenters. The van der Waals surface area contributed by atoms with Crippen molar-refractivity contribution in [3.63, 3.8) is 0 Å². The lowest BCUT2D eigenvalue weighted by atomic mass is 9.98. The van der Waals surface area contributed by atoms with Crippen LogP contribution in [-0.2, 0) is 30.0 Å². The minimum atomic E-state index is -3.66. The van der Waals surface area contributed by atoms with Gasteiger partial charge in [-0.15, -0.1) is 0 Å². The van der Waals surface area contributed by atoms with E-state index in [1.807, 2.05) is 19.3 Å². The van der Waals surface area contributed by atoms with Crippen LogP contribution in [-0.4, -0.2) is 38.1 Å². The summed E-state index contributed by atoms with van der Waals surface area (Å²) in [5, 5.41) is 0. The Morgan fingerprint density at radius 2 is 1.87 bits per heavy atom. The lowest BCUT2D eigenvalue weighted by Gasteiger charge is -2.36. The van der Waals surface area contributed by atoms with E-state index < -0.39 is 10.0 Å². The highest BCUT2D eigenvalue weighted by Crippen LogP contribution is 2.28. The van der Waals surface area contributed by atoms with Crippen LogP contribution >= 0.6 is 0 Å². The topological polar surface area (TPSA) is 63.6 Å². The molecule has 3 aromatic rings. The summed E-state index contributed by atoms with van der Waals surface area (Å²) in [6.07, 6.45) is 2.96. The largest absolute Gasteiger partial charge is 0.497 e. The fraction of sp³-hybridized carbons (Fsp3) is 0.333. The molecule has 0 amide bonds. The highest BCUT2D eigenvalue weighted by atomic mass is 32.2. The average molecular weight is 440 g/mol. The molecule has 0 saturated heterocycles. The van der Waals surface area contributed by atoms with E-state index in [9.17, 15) is 8.42 Å². The van der Waals surface area contributed by atoms with Gasteiger partial charge in [0.05, 0.1) is 18.0 Å². The van der Waals surface area contributed by atoms with Crippen molar-refractivity contribution < 1.29 is 13.2 Å². The molecular weight excluding hydrogens is 410 g/mol. The molecule has 0 bridgehead atoms. The summed E-state index contributed by atoms with van der Waals surface area (Å²) >= 11 is 0. The Bertz CT molecular complexity index is 1170. The fourth-order valence-corrected chi connectivity index (χ4v) is 5.60. The molecular formula is C24H29N3O3S. The van der Waals surface area contributed by atoms with Crippen LogP contribution in [0.3, 0.4) is 0 Å². The molecule has 2 heterocycles. The Morgan fingerprint density at radius 3 is 2.55 bits per heavy atom. The molecule has 1 aromatic heterocycles. The van der Waals surface area contributed by atoms with Crippen molar-refractivity contribution in [3.8, 4) is 5.75 Å². The SMILES string of the molecule is COc1ccc(S(=O)(=O)NCC(c2cccn2C)N2CCc3ccccc3C2)c(C)c1. The summed E-state index contributed by atoms with van der Waals surface area (Å²) in [7, 11) is -0.0814. The molecule has 7 heteroatoms. The van der Waals surface area contributed by atoms with Gasteiger partial charge in [0.1, 0.15) is 5.75 Å². The van der Waals surface area contributed by atoms with Gasteiger partial charge in [-0.1, -0.05) is 24.3 Å². The van der Waals surface area contributed by atoms with Gasteiger partial charge in [0, 0.05) is 38.6 Å². The highest BCUT2D eigenvalue weighted by molar-refractivity contribution is 7.89. The smallest absolute Gasteiger partial charge is 0.240 e. The van der Waals surface area contributed by atoms with E-state index >= 15 is 0 Å². The molecule has 1 unspecified atom stereocenters. The molecule has 1 aliphatic heterocycles. The number of sulfonamides is 1. The zero-order valence-corrected chi connectivity index (χ0v) is 19.0. The Labute approximate surface area is 184 Å². The lowest BCUT2D eigenvalue weighted by molar-refractivity contribution is 0.174. The van der Waals surface area contributed by atoms with Crippen molar-refractivity contribution in [1.29, 1.82) is 0 Å². The van der Waals surface area contributed by atoms with Crippen molar-refractivity contribution in [1.82, 2.24) is 14.2 Å².